The van der Waals surface area contributed by atoms with E-state index in [1.165, 1.54) is 19.3 Å². The Hall–Kier alpha value is -0.370. The fourth-order valence-electron chi connectivity index (χ4n) is 4.26. The maximum atomic E-state index is 12.2. The van der Waals surface area contributed by atoms with Crippen molar-refractivity contribution in [2.24, 2.45) is 29.6 Å². The number of Topliss-reactive ketones (excluding diaryl/α,β-unsaturated/α-hetero) is 1. The molecular formula is C13H20O2. The summed E-state index contributed by atoms with van der Waals surface area (Å²) >= 11 is 0. The van der Waals surface area contributed by atoms with Crippen molar-refractivity contribution in [3.8, 4) is 0 Å². The number of rotatable bonds is 2. The largest absolute Gasteiger partial charge is 0.377 e. The molecule has 3 aliphatic carbocycles. The van der Waals surface area contributed by atoms with Crippen molar-refractivity contribution >= 4 is 5.78 Å². The van der Waals surface area contributed by atoms with Crippen molar-refractivity contribution in [2.75, 3.05) is 6.61 Å². The van der Waals surface area contributed by atoms with Gasteiger partial charge in [0.05, 0.1) is 6.10 Å². The number of fused-ring (bicyclic) bond motifs is 1. The lowest BCUT2D eigenvalue weighted by Gasteiger charge is -2.46. The van der Waals surface area contributed by atoms with E-state index in [0.717, 1.165) is 18.4 Å². The molecule has 3 fully saturated rings. The molecule has 3 aliphatic rings. The Kier molecular flexibility index (Phi) is 2.17. The van der Waals surface area contributed by atoms with Crippen LogP contribution in [0.4, 0.5) is 0 Å². The zero-order valence-electron chi connectivity index (χ0n) is 9.61. The third kappa shape index (κ3) is 1.24. The molecule has 2 bridgehead atoms. The van der Waals surface area contributed by atoms with Gasteiger partial charge in [-0.05, 0) is 43.9 Å². The second-order valence-corrected chi connectivity index (χ2v) is 5.60. The first kappa shape index (κ1) is 9.83. The lowest BCUT2D eigenvalue weighted by atomic mass is 9.62. The van der Waals surface area contributed by atoms with Crippen molar-refractivity contribution < 1.29 is 9.53 Å². The van der Waals surface area contributed by atoms with Crippen LogP contribution in [0.5, 0.6) is 0 Å². The van der Waals surface area contributed by atoms with Crippen molar-refractivity contribution in [1.29, 1.82) is 0 Å². The van der Waals surface area contributed by atoms with Crippen molar-refractivity contribution in [3.63, 3.8) is 0 Å². The van der Waals surface area contributed by atoms with Crippen LogP contribution in [0.2, 0.25) is 0 Å². The maximum Gasteiger partial charge on any atom is 0.141 e. The minimum Gasteiger partial charge on any atom is -0.377 e. The van der Waals surface area contributed by atoms with Gasteiger partial charge in [0, 0.05) is 18.4 Å². The minimum atomic E-state index is 0.145. The highest BCUT2D eigenvalue weighted by Gasteiger charge is 2.57. The van der Waals surface area contributed by atoms with Crippen LogP contribution in [0, 0.1) is 29.6 Å². The lowest BCUT2D eigenvalue weighted by Crippen LogP contribution is -2.46. The van der Waals surface area contributed by atoms with Gasteiger partial charge in [0.1, 0.15) is 5.78 Å². The van der Waals surface area contributed by atoms with Gasteiger partial charge in [0.2, 0.25) is 0 Å². The molecule has 84 valence electrons. The molecule has 2 nitrogen and oxygen atoms in total. The fraction of sp³-hybridized carbons (Fsp3) is 0.923. The molecule has 0 radical (unpaired) electrons. The van der Waals surface area contributed by atoms with E-state index in [2.05, 4.69) is 6.92 Å². The van der Waals surface area contributed by atoms with E-state index in [1.807, 2.05) is 6.92 Å². The molecule has 0 aromatic heterocycles. The molecule has 0 aliphatic heterocycles. The Balaban J connectivity index is 1.87. The molecule has 0 aromatic rings. The van der Waals surface area contributed by atoms with Crippen molar-refractivity contribution in [3.05, 3.63) is 0 Å². The zero-order chi connectivity index (χ0) is 10.6. The van der Waals surface area contributed by atoms with Crippen LogP contribution >= 0.6 is 0 Å². The van der Waals surface area contributed by atoms with Gasteiger partial charge in [-0.15, -0.1) is 0 Å². The normalized spacial score (nSPS) is 52.5. The predicted molar refractivity (Wildman–Crippen MR) is 57.4 cm³/mol. The molecule has 0 spiro atoms. The number of hydrogen-bond donors (Lipinski definition) is 0. The molecule has 3 rings (SSSR count). The molecule has 0 heterocycles. The molecule has 3 saturated carbocycles. The average Bonchev–Trinajstić information content (AvgIpc) is 2.50. The Morgan fingerprint density at radius 2 is 2.07 bits per heavy atom. The summed E-state index contributed by atoms with van der Waals surface area (Å²) in [5, 5.41) is 0. The first-order valence-corrected chi connectivity index (χ1v) is 6.37. The SMILES string of the molecule is CCOC1C(C)C(=O)C2CC3CC1C3C2. The van der Waals surface area contributed by atoms with E-state index in [-0.39, 0.29) is 12.0 Å². The van der Waals surface area contributed by atoms with Crippen LogP contribution in [0.1, 0.15) is 33.1 Å². The molecule has 0 amide bonds. The Morgan fingerprint density at radius 3 is 2.80 bits per heavy atom. The number of ether oxygens (including phenoxy) is 1. The standard InChI is InChI=1S/C13H20O2/c1-3-15-13-7(2)12(14)9-4-8-5-11(13)10(8)6-9/h7-11,13H,3-6H2,1-2H3. The summed E-state index contributed by atoms with van der Waals surface area (Å²) < 4.78 is 5.83. The summed E-state index contributed by atoms with van der Waals surface area (Å²) in [5.74, 6) is 3.39. The van der Waals surface area contributed by atoms with Gasteiger partial charge in [-0.25, -0.2) is 0 Å². The Bertz CT molecular complexity index is 286. The monoisotopic (exact) mass is 208 g/mol. The maximum absolute atomic E-state index is 12.2. The average molecular weight is 208 g/mol. The van der Waals surface area contributed by atoms with Gasteiger partial charge >= 0.3 is 0 Å². The molecule has 0 aromatic carbocycles. The van der Waals surface area contributed by atoms with Crippen molar-refractivity contribution in [2.45, 2.75) is 39.2 Å². The first-order valence-electron chi connectivity index (χ1n) is 6.37. The fourth-order valence-corrected chi connectivity index (χ4v) is 4.26. The van der Waals surface area contributed by atoms with Gasteiger partial charge in [-0.1, -0.05) is 6.92 Å². The van der Waals surface area contributed by atoms with Crippen LogP contribution in [0.3, 0.4) is 0 Å². The van der Waals surface area contributed by atoms with Gasteiger partial charge in [0.25, 0.3) is 0 Å². The molecule has 0 saturated heterocycles. The predicted octanol–water partition coefficient (Wildman–Crippen LogP) is 2.27. The van der Waals surface area contributed by atoms with Gasteiger partial charge < -0.3 is 4.74 Å². The summed E-state index contributed by atoms with van der Waals surface area (Å²) in [4.78, 5) is 12.2. The van der Waals surface area contributed by atoms with Gasteiger partial charge in [0.15, 0.2) is 0 Å². The molecule has 6 unspecified atom stereocenters. The summed E-state index contributed by atoms with van der Waals surface area (Å²) in [5.41, 5.74) is 0. The summed E-state index contributed by atoms with van der Waals surface area (Å²) in [6.45, 7) is 4.87. The van der Waals surface area contributed by atoms with Crippen LogP contribution in [-0.2, 0) is 9.53 Å². The van der Waals surface area contributed by atoms with Gasteiger partial charge in [-0.3, -0.25) is 4.79 Å². The third-order valence-corrected chi connectivity index (χ3v) is 5.00. The van der Waals surface area contributed by atoms with E-state index >= 15 is 0 Å². The van der Waals surface area contributed by atoms with Crippen LogP contribution in [-0.4, -0.2) is 18.5 Å². The van der Waals surface area contributed by atoms with Crippen LogP contribution in [0.15, 0.2) is 0 Å². The summed E-state index contributed by atoms with van der Waals surface area (Å²) in [7, 11) is 0. The Morgan fingerprint density at radius 1 is 1.27 bits per heavy atom. The van der Waals surface area contributed by atoms with Crippen molar-refractivity contribution in [1.82, 2.24) is 0 Å². The number of carbonyl (C=O) groups excluding carboxylic acids is 1. The molecular weight excluding hydrogens is 188 g/mol. The lowest BCUT2D eigenvalue weighted by molar-refractivity contribution is -0.138. The molecule has 6 atom stereocenters. The zero-order valence-corrected chi connectivity index (χ0v) is 9.61. The number of hydrogen-bond acceptors (Lipinski definition) is 2. The molecule has 15 heavy (non-hydrogen) atoms. The molecule has 2 heteroatoms. The highest BCUT2D eigenvalue weighted by molar-refractivity contribution is 5.84. The second kappa shape index (κ2) is 3.31. The highest BCUT2D eigenvalue weighted by Crippen LogP contribution is 2.58. The smallest absolute Gasteiger partial charge is 0.141 e. The van der Waals surface area contributed by atoms with Crippen LogP contribution < -0.4 is 0 Å². The van der Waals surface area contributed by atoms with Crippen LogP contribution in [0.25, 0.3) is 0 Å². The van der Waals surface area contributed by atoms with E-state index in [1.54, 1.807) is 0 Å². The minimum absolute atomic E-state index is 0.145. The first-order chi connectivity index (χ1) is 7.22. The van der Waals surface area contributed by atoms with Gasteiger partial charge in [-0.2, -0.15) is 0 Å². The quantitative estimate of drug-likeness (QED) is 0.696. The van der Waals surface area contributed by atoms with E-state index < -0.39 is 0 Å². The topological polar surface area (TPSA) is 26.3 Å². The molecule has 0 N–H and O–H groups in total. The second-order valence-electron chi connectivity index (χ2n) is 5.60. The summed E-state index contributed by atoms with van der Waals surface area (Å²) in [6, 6.07) is 0. The highest BCUT2D eigenvalue weighted by atomic mass is 16.5. The Labute approximate surface area is 91.4 Å². The number of carbonyl (C=O) groups is 1. The summed E-state index contributed by atoms with van der Waals surface area (Å²) in [6.07, 6.45) is 3.91. The third-order valence-electron chi connectivity index (χ3n) is 5.00. The van der Waals surface area contributed by atoms with E-state index in [9.17, 15) is 4.79 Å². The number of ketones is 1. The van der Waals surface area contributed by atoms with E-state index in [4.69, 9.17) is 4.74 Å². The van der Waals surface area contributed by atoms with E-state index in [0.29, 0.717) is 17.6 Å².